The van der Waals surface area contributed by atoms with Crippen molar-refractivity contribution >= 4 is 58.5 Å². The second kappa shape index (κ2) is 17.5. The van der Waals surface area contributed by atoms with E-state index in [2.05, 4.69) is 22.7 Å². The molecule has 1 aliphatic rings. The molecule has 0 saturated carbocycles. The van der Waals surface area contributed by atoms with Gasteiger partial charge in [-0.25, -0.2) is 8.72 Å². The molecule has 0 amide bonds. The molecule has 0 aromatic rings. The first-order valence-corrected chi connectivity index (χ1v) is 13.6. The minimum absolute atomic E-state index is 0.852. The molecule has 0 saturated heterocycles. The summed E-state index contributed by atoms with van der Waals surface area (Å²) in [7, 11) is 0. The van der Waals surface area contributed by atoms with E-state index in [4.69, 9.17) is 12.2 Å². The molecule has 0 aromatic carbocycles. The summed E-state index contributed by atoms with van der Waals surface area (Å²) in [6.07, 6.45) is 16.1. The van der Waals surface area contributed by atoms with E-state index in [0.29, 0.717) is 0 Å². The van der Waals surface area contributed by atoms with Gasteiger partial charge in [0.1, 0.15) is 0 Å². The summed E-state index contributed by atoms with van der Waals surface area (Å²) >= 11 is 11.2. The highest BCUT2D eigenvalue weighted by Crippen LogP contribution is 2.28. The molecule has 0 spiro atoms. The van der Waals surface area contributed by atoms with Gasteiger partial charge in [-0.05, 0) is 49.0 Å². The predicted molar refractivity (Wildman–Crippen MR) is 129 cm³/mol. The topological polar surface area (TPSA) is 18.8 Å². The molecule has 0 aromatic heterocycles. The number of unbranched alkanes of at least 4 members (excludes halogenated alkanes) is 10. The van der Waals surface area contributed by atoms with Crippen molar-refractivity contribution in [1.29, 1.82) is 0 Å². The maximum absolute atomic E-state index is 5.69. The highest BCUT2D eigenvalue weighted by molar-refractivity contribution is 8.13. The number of rotatable bonds is 16. The number of nitrogens with zero attached hydrogens (tertiary/aromatic N) is 3. The molecule has 0 unspecified atom stereocenters. The number of hydrogen-bond acceptors (Lipinski definition) is 5. The second-order valence-corrected chi connectivity index (χ2v) is 10.1. The van der Waals surface area contributed by atoms with E-state index in [-0.39, 0.29) is 0 Å². The summed E-state index contributed by atoms with van der Waals surface area (Å²) in [5.74, 6) is 3.16. The van der Waals surface area contributed by atoms with Gasteiger partial charge in [-0.1, -0.05) is 89.8 Å². The van der Waals surface area contributed by atoms with E-state index in [0.717, 1.165) is 22.5 Å². The van der Waals surface area contributed by atoms with Crippen LogP contribution in [0.15, 0.2) is 5.10 Å². The lowest BCUT2D eigenvalue weighted by molar-refractivity contribution is 0.522. The fourth-order valence-corrected chi connectivity index (χ4v) is 5.87. The summed E-state index contributed by atoms with van der Waals surface area (Å²) in [5.41, 5.74) is 1.89. The average Bonchev–Trinajstić information content (AvgIpc) is 3.19. The lowest BCUT2D eigenvalue weighted by Gasteiger charge is -2.26. The third-order valence-corrected chi connectivity index (χ3v) is 7.90. The van der Waals surface area contributed by atoms with Crippen molar-refractivity contribution in [3.05, 3.63) is 0 Å². The Balaban J connectivity index is 2.23. The van der Waals surface area contributed by atoms with E-state index in [1.54, 1.807) is 11.8 Å². The average molecular weight is 436 g/mol. The van der Waals surface area contributed by atoms with Crippen molar-refractivity contribution in [2.45, 2.75) is 90.9 Å². The first-order chi connectivity index (χ1) is 12.8. The van der Waals surface area contributed by atoms with Gasteiger partial charge in [0.05, 0.1) is 11.4 Å². The van der Waals surface area contributed by atoms with Gasteiger partial charge in [0.15, 0.2) is 0 Å². The van der Waals surface area contributed by atoms with Gasteiger partial charge in [-0.2, -0.15) is 5.10 Å². The Morgan fingerprint density at radius 1 is 0.923 bits per heavy atom. The molecule has 7 heteroatoms. The van der Waals surface area contributed by atoms with Crippen LogP contribution in [-0.4, -0.2) is 36.8 Å². The van der Waals surface area contributed by atoms with Gasteiger partial charge in [0.2, 0.25) is 5.11 Å². The Kier molecular flexibility index (Phi) is 16.5. The number of hydrogen-bond donors (Lipinski definition) is 0. The zero-order valence-electron chi connectivity index (χ0n) is 16.7. The van der Waals surface area contributed by atoms with Crippen molar-refractivity contribution in [1.82, 2.24) is 8.72 Å². The highest BCUT2D eigenvalue weighted by atomic mass is 32.2. The minimum atomic E-state index is 0.852. The van der Waals surface area contributed by atoms with Crippen LogP contribution in [0.5, 0.6) is 0 Å². The first-order valence-electron chi connectivity index (χ1n) is 10.3. The van der Waals surface area contributed by atoms with Crippen molar-refractivity contribution < 1.29 is 0 Å². The number of hydrazone groups is 1. The van der Waals surface area contributed by atoms with E-state index < -0.39 is 0 Å². The van der Waals surface area contributed by atoms with Crippen molar-refractivity contribution in [3.8, 4) is 0 Å². The third-order valence-electron chi connectivity index (χ3n) is 4.25. The van der Waals surface area contributed by atoms with Gasteiger partial charge in [-0.15, -0.1) is 0 Å². The molecule has 0 N–H and O–H groups in total. The lowest BCUT2D eigenvalue weighted by Crippen LogP contribution is -2.31. The number of thiocarbonyl (C=S) groups is 1. The SMILES string of the molecule is CCCCCCCCSN(SCCCCCCCC)C(=S)N1CSC=N1. The Labute approximate surface area is 180 Å². The predicted octanol–water partition coefficient (Wildman–Crippen LogP) is 7.54. The van der Waals surface area contributed by atoms with E-state index in [1.165, 1.54) is 77.0 Å². The Morgan fingerprint density at radius 2 is 1.42 bits per heavy atom. The Bertz CT molecular complexity index is 362. The number of thioether (sulfide) groups is 1. The fraction of sp³-hybridized carbons (Fsp3) is 0.895. The molecule has 1 rings (SSSR count). The summed E-state index contributed by atoms with van der Waals surface area (Å²) < 4.78 is 2.25. The maximum Gasteiger partial charge on any atom is 0.213 e. The summed E-state index contributed by atoms with van der Waals surface area (Å²) in [4.78, 5) is 0. The van der Waals surface area contributed by atoms with Crippen LogP contribution in [0.1, 0.15) is 90.9 Å². The standard InChI is InChI=1S/C19H37N3S4/c1-3-5-7-9-11-13-15-25-22(19(23)21-18-24-17-20-21)26-16-14-12-10-8-6-4-2/h17H,3-16,18H2,1-2H3. The Hall–Kier alpha value is 0.410. The molecule has 152 valence electrons. The molecule has 0 fully saturated rings. The lowest BCUT2D eigenvalue weighted by atomic mass is 10.1. The third kappa shape index (κ3) is 12.0. The quantitative estimate of drug-likeness (QED) is 0.141. The molecule has 0 aliphatic carbocycles. The van der Waals surface area contributed by atoms with Crippen molar-refractivity contribution in [3.63, 3.8) is 0 Å². The summed E-state index contributed by atoms with van der Waals surface area (Å²) in [6.45, 7) is 4.55. The smallest absolute Gasteiger partial charge is 0.213 e. The van der Waals surface area contributed by atoms with Gasteiger partial charge in [0, 0.05) is 11.5 Å². The van der Waals surface area contributed by atoms with Crippen molar-refractivity contribution in [2.24, 2.45) is 5.10 Å². The minimum Gasteiger partial charge on any atom is -0.232 e. The van der Waals surface area contributed by atoms with Crippen LogP contribution in [0.25, 0.3) is 0 Å². The summed E-state index contributed by atoms with van der Waals surface area (Å²) in [5, 5.41) is 7.18. The molecule has 26 heavy (non-hydrogen) atoms. The largest absolute Gasteiger partial charge is 0.232 e. The zero-order chi connectivity index (χ0) is 18.9. The van der Waals surface area contributed by atoms with Crippen LogP contribution in [0.3, 0.4) is 0 Å². The van der Waals surface area contributed by atoms with Crippen LogP contribution in [0.4, 0.5) is 0 Å². The van der Waals surface area contributed by atoms with Gasteiger partial charge < -0.3 is 0 Å². The molecule has 1 aliphatic heterocycles. The van der Waals surface area contributed by atoms with Gasteiger partial charge >= 0.3 is 0 Å². The van der Waals surface area contributed by atoms with Crippen LogP contribution < -0.4 is 0 Å². The monoisotopic (exact) mass is 435 g/mol. The summed E-state index contributed by atoms with van der Waals surface area (Å²) in [6, 6.07) is 0. The zero-order valence-corrected chi connectivity index (χ0v) is 19.9. The van der Waals surface area contributed by atoms with Crippen molar-refractivity contribution in [2.75, 3.05) is 17.4 Å². The van der Waals surface area contributed by atoms with Crippen LogP contribution in [-0.2, 0) is 0 Å². The van der Waals surface area contributed by atoms with E-state index >= 15 is 0 Å². The van der Waals surface area contributed by atoms with Crippen LogP contribution in [0.2, 0.25) is 0 Å². The molecule has 0 radical (unpaired) electrons. The molecular formula is C19H37N3S4. The van der Waals surface area contributed by atoms with E-state index in [1.807, 2.05) is 34.5 Å². The van der Waals surface area contributed by atoms with Crippen LogP contribution >= 0.6 is 47.9 Å². The van der Waals surface area contributed by atoms with Crippen LogP contribution in [0, 0.1) is 0 Å². The fourth-order valence-electron chi connectivity index (χ4n) is 2.63. The molecular weight excluding hydrogens is 398 g/mol. The molecule has 3 nitrogen and oxygen atoms in total. The highest BCUT2D eigenvalue weighted by Gasteiger charge is 2.20. The molecule has 0 bridgehead atoms. The maximum atomic E-state index is 5.69. The molecule has 0 atom stereocenters. The normalized spacial score (nSPS) is 13.5. The van der Waals surface area contributed by atoms with E-state index in [9.17, 15) is 0 Å². The Morgan fingerprint density at radius 3 is 1.88 bits per heavy atom. The molecule has 1 heterocycles. The second-order valence-electron chi connectivity index (χ2n) is 6.66. The van der Waals surface area contributed by atoms with Gasteiger partial charge in [0.25, 0.3) is 0 Å². The first kappa shape index (κ1) is 24.4. The van der Waals surface area contributed by atoms with Gasteiger partial charge in [-0.3, -0.25) is 0 Å².